The largest absolute Gasteiger partial charge is 0.477 e. The molecular formula is C13H17N3O3. The van der Waals surface area contributed by atoms with E-state index in [0.29, 0.717) is 17.1 Å². The van der Waals surface area contributed by atoms with Crippen LogP contribution in [-0.2, 0) is 6.54 Å². The fraction of sp³-hybridized carbons (Fsp3) is 0.462. The van der Waals surface area contributed by atoms with Crippen LogP contribution in [0, 0.1) is 0 Å². The Kier molecular flexibility index (Phi) is 3.69. The number of carboxylic acid groups (broad SMARTS) is 1. The molecule has 0 aliphatic carbocycles. The fourth-order valence-electron chi connectivity index (χ4n) is 2.02. The molecule has 6 nitrogen and oxygen atoms in total. The molecule has 102 valence electrons. The van der Waals surface area contributed by atoms with Crippen molar-refractivity contribution in [1.29, 1.82) is 0 Å². The van der Waals surface area contributed by atoms with Gasteiger partial charge in [-0.15, -0.1) is 0 Å². The molecule has 1 N–H and O–H groups in total. The number of rotatable bonds is 5. The second-order valence-electron chi connectivity index (χ2n) is 4.70. The molecule has 6 heteroatoms. The quantitative estimate of drug-likeness (QED) is 0.897. The molecular weight excluding hydrogens is 246 g/mol. The van der Waals surface area contributed by atoms with Gasteiger partial charge < -0.3 is 14.2 Å². The molecule has 0 radical (unpaired) electrons. The maximum absolute atomic E-state index is 11.4. The standard InChI is InChI=1S/C13H17N3O3/c1-4-5-16-7-14-6-9(16)11-10(13(17)18)12(8(2)3)19-15-11/h6-8H,4-5H2,1-3H3,(H,17,18). The zero-order valence-electron chi connectivity index (χ0n) is 11.3. The van der Waals surface area contributed by atoms with Gasteiger partial charge in [0, 0.05) is 12.5 Å². The highest BCUT2D eigenvalue weighted by Gasteiger charge is 2.26. The Labute approximate surface area is 111 Å². The van der Waals surface area contributed by atoms with E-state index in [9.17, 15) is 9.90 Å². The minimum Gasteiger partial charge on any atom is -0.477 e. The first-order valence-corrected chi connectivity index (χ1v) is 6.29. The number of hydrogen-bond acceptors (Lipinski definition) is 4. The van der Waals surface area contributed by atoms with Crippen molar-refractivity contribution in [2.75, 3.05) is 0 Å². The van der Waals surface area contributed by atoms with Crippen LogP contribution in [0.1, 0.15) is 49.2 Å². The van der Waals surface area contributed by atoms with Gasteiger partial charge in [-0.3, -0.25) is 0 Å². The molecule has 0 saturated heterocycles. The highest BCUT2D eigenvalue weighted by atomic mass is 16.5. The topological polar surface area (TPSA) is 81.2 Å². The molecule has 0 unspecified atom stereocenters. The first-order valence-electron chi connectivity index (χ1n) is 6.29. The summed E-state index contributed by atoms with van der Waals surface area (Å²) in [7, 11) is 0. The number of aromatic nitrogens is 3. The Bertz CT molecular complexity index is 584. The number of carbonyl (C=O) groups is 1. The van der Waals surface area contributed by atoms with Crippen LogP contribution in [-0.4, -0.2) is 25.8 Å². The smallest absolute Gasteiger partial charge is 0.341 e. The molecule has 2 aromatic rings. The maximum Gasteiger partial charge on any atom is 0.341 e. The van der Waals surface area contributed by atoms with Crippen LogP contribution in [0.15, 0.2) is 17.0 Å². The van der Waals surface area contributed by atoms with Gasteiger partial charge in [0.2, 0.25) is 0 Å². The van der Waals surface area contributed by atoms with Crippen molar-refractivity contribution >= 4 is 5.97 Å². The third-order valence-corrected chi connectivity index (χ3v) is 2.88. The predicted molar refractivity (Wildman–Crippen MR) is 69.1 cm³/mol. The Balaban J connectivity index is 2.56. The number of aryl methyl sites for hydroxylation is 1. The van der Waals surface area contributed by atoms with E-state index in [4.69, 9.17) is 4.52 Å². The van der Waals surface area contributed by atoms with Gasteiger partial charge in [-0.05, 0) is 6.42 Å². The van der Waals surface area contributed by atoms with Gasteiger partial charge in [0.05, 0.1) is 18.2 Å². The Morgan fingerprint density at radius 2 is 2.26 bits per heavy atom. The van der Waals surface area contributed by atoms with Crippen molar-refractivity contribution in [1.82, 2.24) is 14.7 Å². The van der Waals surface area contributed by atoms with Crippen LogP contribution < -0.4 is 0 Å². The van der Waals surface area contributed by atoms with Crippen LogP contribution in [0.25, 0.3) is 11.4 Å². The van der Waals surface area contributed by atoms with Gasteiger partial charge >= 0.3 is 5.97 Å². The van der Waals surface area contributed by atoms with Crippen LogP contribution in [0.4, 0.5) is 0 Å². The van der Waals surface area contributed by atoms with Crippen LogP contribution in [0.2, 0.25) is 0 Å². The number of carboxylic acids is 1. The Morgan fingerprint density at radius 1 is 1.53 bits per heavy atom. The number of hydrogen-bond donors (Lipinski definition) is 1. The lowest BCUT2D eigenvalue weighted by Gasteiger charge is -2.05. The lowest BCUT2D eigenvalue weighted by Crippen LogP contribution is -2.05. The lowest BCUT2D eigenvalue weighted by molar-refractivity contribution is 0.0694. The molecule has 0 atom stereocenters. The van der Waals surface area contributed by atoms with E-state index in [-0.39, 0.29) is 11.5 Å². The zero-order chi connectivity index (χ0) is 14.0. The van der Waals surface area contributed by atoms with Crippen LogP contribution in [0.3, 0.4) is 0 Å². The van der Waals surface area contributed by atoms with Gasteiger partial charge in [-0.25, -0.2) is 9.78 Å². The van der Waals surface area contributed by atoms with Gasteiger partial charge in [-0.1, -0.05) is 25.9 Å². The summed E-state index contributed by atoms with van der Waals surface area (Å²) >= 11 is 0. The monoisotopic (exact) mass is 263 g/mol. The number of nitrogens with zero attached hydrogens (tertiary/aromatic N) is 3. The molecule has 19 heavy (non-hydrogen) atoms. The predicted octanol–water partition coefficient (Wildman–Crippen LogP) is 2.77. The molecule has 0 aliphatic rings. The molecule has 2 rings (SSSR count). The number of aromatic carboxylic acids is 1. The van der Waals surface area contributed by atoms with Gasteiger partial charge in [0.25, 0.3) is 0 Å². The second kappa shape index (κ2) is 5.26. The van der Waals surface area contributed by atoms with Crippen LogP contribution >= 0.6 is 0 Å². The highest BCUT2D eigenvalue weighted by molar-refractivity contribution is 5.95. The summed E-state index contributed by atoms with van der Waals surface area (Å²) < 4.78 is 7.09. The minimum atomic E-state index is -1.02. The van der Waals surface area contributed by atoms with Crippen LogP contribution in [0.5, 0.6) is 0 Å². The van der Waals surface area contributed by atoms with E-state index in [1.165, 1.54) is 0 Å². The van der Waals surface area contributed by atoms with E-state index >= 15 is 0 Å². The normalized spacial score (nSPS) is 11.2. The van der Waals surface area contributed by atoms with E-state index in [1.54, 1.807) is 12.5 Å². The van der Waals surface area contributed by atoms with E-state index in [2.05, 4.69) is 10.1 Å². The zero-order valence-corrected chi connectivity index (χ0v) is 11.3. The molecule has 0 saturated carbocycles. The van der Waals surface area contributed by atoms with Gasteiger partial charge in [-0.2, -0.15) is 0 Å². The number of imidazole rings is 1. The summed E-state index contributed by atoms with van der Waals surface area (Å²) in [5, 5.41) is 13.3. The molecule has 0 spiro atoms. The summed E-state index contributed by atoms with van der Waals surface area (Å²) in [5.74, 6) is -0.661. The Hall–Kier alpha value is -2.11. The molecule has 0 fully saturated rings. The molecule has 0 bridgehead atoms. The van der Waals surface area contributed by atoms with Crippen molar-refractivity contribution in [2.45, 2.75) is 39.7 Å². The molecule has 2 heterocycles. The molecule has 0 aromatic carbocycles. The average molecular weight is 263 g/mol. The summed E-state index contributed by atoms with van der Waals surface area (Å²) in [6.07, 6.45) is 4.22. The first kappa shape index (κ1) is 13.3. The Morgan fingerprint density at radius 3 is 2.84 bits per heavy atom. The summed E-state index contributed by atoms with van der Waals surface area (Å²) in [6.45, 7) is 6.56. The molecule has 0 amide bonds. The van der Waals surface area contributed by atoms with Crippen molar-refractivity contribution < 1.29 is 14.4 Å². The van der Waals surface area contributed by atoms with Crippen molar-refractivity contribution in [2.24, 2.45) is 0 Å². The average Bonchev–Trinajstić information content (AvgIpc) is 2.93. The maximum atomic E-state index is 11.4. The van der Waals surface area contributed by atoms with E-state index in [1.807, 2.05) is 25.3 Å². The first-order chi connectivity index (χ1) is 9.06. The SMILES string of the molecule is CCCn1cncc1-c1noc(C(C)C)c1C(=O)O. The summed E-state index contributed by atoms with van der Waals surface area (Å²) in [5.41, 5.74) is 1.16. The summed E-state index contributed by atoms with van der Waals surface area (Å²) in [6, 6.07) is 0. The van der Waals surface area contributed by atoms with Gasteiger partial charge in [0.15, 0.2) is 5.76 Å². The molecule has 0 aliphatic heterocycles. The minimum absolute atomic E-state index is 0.0325. The summed E-state index contributed by atoms with van der Waals surface area (Å²) in [4.78, 5) is 15.5. The van der Waals surface area contributed by atoms with E-state index < -0.39 is 5.97 Å². The third-order valence-electron chi connectivity index (χ3n) is 2.88. The lowest BCUT2D eigenvalue weighted by atomic mass is 10.0. The highest BCUT2D eigenvalue weighted by Crippen LogP contribution is 2.29. The van der Waals surface area contributed by atoms with Crippen molar-refractivity contribution in [3.05, 3.63) is 23.8 Å². The van der Waals surface area contributed by atoms with Crippen molar-refractivity contribution in [3.8, 4) is 11.4 Å². The van der Waals surface area contributed by atoms with Crippen molar-refractivity contribution in [3.63, 3.8) is 0 Å². The van der Waals surface area contributed by atoms with E-state index in [0.717, 1.165) is 13.0 Å². The fourth-order valence-corrected chi connectivity index (χ4v) is 2.02. The second-order valence-corrected chi connectivity index (χ2v) is 4.70. The van der Waals surface area contributed by atoms with Gasteiger partial charge in [0.1, 0.15) is 11.3 Å². The third kappa shape index (κ3) is 2.38. The molecule has 2 aromatic heterocycles.